The third-order valence-electron chi connectivity index (χ3n) is 4.65. The summed E-state index contributed by atoms with van der Waals surface area (Å²) in [5.41, 5.74) is 5.12. The molecule has 0 aliphatic rings. The van der Waals surface area contributed by atoms with Crippen LogP contribution in [0.5, 0.6) is 0 Å². The summed E-state index contributed by atoms with van der Waals surface area (Å²) in [7, 11) is 0. The summed E-state index contributed by atoms with van der Waals surface area (Å²) in [6, 6.07) is 14.2. The molecular weight excluding hydrogens is 338 g/mol. The monoisotopic (exact) mass is 363 g/mol. The summed E-state index contributed by atoms with van der Waals surface area (Å²) in [6.45, 7) is 6.51. The molecule has 0 atom stereocenters. The summed E-state index contributed by atoms with van der Waals surface area (Å²) in [6.07, 6.45) is 2.31. The number of para-hydroxylation sites is 1. The highest BCUT2D eigenvalue weighted by atomic mass is 16.2. The van der Waals surface area contributed by atoms with Crippen molar-refractivity contribution in [2.75, 3.05) is 11.9 Å². The van der Waals surface area contributed by atoms with Crippen molar-refractivity contribution in [2.24, 2.45) is 0 Å². The van der Waals surface area contributed by atoms with Crippen molar-refractivity contribution in [1.82, 2.24) is 9.88 Å². The SMILES string of the molecule is Cc1cc(C)c(NC(=O)CNC(=O)CCn2ccc3ccccc32)c(C)c1. The number of hydrogen-bond acceptors (Lipinski definition) is 2. The molecule has 0 saturated heterocycles. The van der Waals surface area contributed by atoms with Crippen molar-refractivity contribution in [1.29, 1.82) is 0 Å². The van der Waals surface area contributed by atoms with E-state index in [0.717, 1.165) is 33.3 Å². The molecule has 27 heavy (non-hydrogen) atoms. The number of carbonyl (C=O) groups excluding carboxylic acids is 2. The fourth-order valence-corrected chi connectivity index (χ4v) is 3.39. The first-order valence-electron chi connectivity index (χ1n) is 9.12. The van der Waals surface area contributed by atoms with E-state index in [9.17, 15) is 9.59 Å². The molecule has 5 nitrogen and oxygen atoms in total. The van der Waals surface area contributed by atoms with E-state index in [1.807, 2.05) is 74.0 Å². The second-order valence-electron chi connectivity index (χ2n) is 6.92. The number of aryl methyl sites for hydroxylation is 4. The largest absolute Gasteiger partial charge is 0.347 e. The molecule has 0 radical (unpaired) electrons. The number of amides is 2. The maximum atomic E-state index is 12.2. The number of rotatable bonds is 6. The molecule has 3 aromatic rings. The minimum atomic E-state index is -0.218. The van der Waals surface area contributed by atoms with Crippen molar-refractivity contribution in [3.8, 4) is 0 Å². The Morgan fingerprint density at radius 2 is 1.67 bits per heavy atom. The van der Waals surface area contributed by atoms with E-state index < -0.39 is 0 Å². The number of hydrogen-bond donors (Lipinski definition) is 2. The Bertz CT molecular complexity index is 965. The van der Waals surface area contributed by atoms with Gasteiger partial charge < -0.3 is 15.2 Å². The van der Waals surface area contributed by atoms with Gasteiger partial charge in [-0.15, -0.1) is 0 Å². The highest BCUT2D eigenvalue weighted by molar-refractivity contribution is 5.95. The number of nitrogens with one attached hydrogen (secondary N) is 2. The van der Waals surface area contributed by atoms with Crippen molar-refractivity contribution < 1.29 is 9.59 Å². The minimum Gasteiger partial charge on any atom is -0.347 e. The van der Waals surface area contributed by atoms with Gasteiger partial charge in [-0.1, -0.05) is 35.9 Å². The van der Waals surface area contributed by atoms with E-state index in [2.05, 4.69) is 10.6 Å². The Labute approximate surface area is 159 Å². The van der Waals surface area contributed by atoms with Gasteiger partial charge >= 0.3 is 0 Å². The lowest BCUT2D eigenvalue weighted by atomic mass is 10.1. The van der Waals surface area contributed by atoms with E-state index in [1.165, 1.54) is 0 Å². The number of fused-ring (bicyclic) bond motifs is 1. The molecule has 0 aliphatic carbocycles. The van der Waals surface area contributed by atoms with Crippen LogP contribution in [-0.4, -0.2) is 22.9 Å². The zero-order valence-electron chi connectivity index (χ0n) is 16.0. The summed E-state index contributed by atoms with van der Waals surface area (Å²) in [5, 5.41) is 6.75. The van der Waals surface area contributed by atoms with Crippen LogP contribution in [-0.2, 0) is 16.1 Å². The van der Waals surface area contributed by atoms with Crippen LogP contribution in [0, 0.1) is 20.8 Å². The average Bonchev–Trinajstić information content (AvgIpc) is 3.04. The van der Waals surface area contributed by atoms with Gasteiger partial charge in [-0.2, -0.15) is 0 Å². The molecule has 2 aromatic carbocycles. The number of anilines is 1. The Balaban J connectivity index is 1.50. The molecule has 2 amide bonds. The third-order valence-corrected chi connectivity index (χ3v) is 4.65. The van der Waals surface area contributed by atoms with Gasteiger partial charge in [0.05, 0.1) is 6.54 Å². The zero-order chi connectivity index (χ0) is 19.4. The smallest absolute Gasteiger partial charge is 0.243 e. The van der Waals surface area contributed by atoms with Gasteiger partial charge in [0.15, 0.2) is 0 Å². The first kappa shape index (κ1) is 18.7. The first-order chi connectivity index (χ1) is 12.9. The molecule has 0 fully saturated rings. The molecular formula is C22H25N3O2. The van der Waals surface area contributed by atoms with Crippen LogP contribution in [0.3, 0.4) is 0 Å². The summed E-state index contributed by atoms with van der Waals surface area (Å²) < 4.78 is 2.05. The van der Waals surface area contributed by atoms with Gasteiger partial charge in [0.1, 0.15) is 0 Å². The van der Waals surface area contributed by atoms with E-state index in [1.54, 1.807) is 0 Å². The molecule has 140 valence electrons. The average molecular weight is 363 g/mol. The summed E-state index contributed by atoms with van der Waals surface area (Å²) >= 11 is 0. The van der Waals surface area contributed by atoms with Gasteiger partial charge in [0.25, 0.3) is 0 Å². The predicted molar refractivity (Wildman–Crippen MR) is 109 cm³/mol. The second-order valence-corrected chi connectivity index (χ2v) is 6.92. The van der Waals surface area contributed by atoms with E-state index in [0.29, 0.717) is 13.0 Å². The lowest BCUT2D eigenvalue weighted by Crippen LogP contribution is -2.33. The standard InChI is InChI=1S/C22H25N3O2/c1-15-12-16(2)22(17(3)13-15)24-21(27)14-23-20(26)9-11-25-10-8-18-6-4-5-7-19(18)25/h4-8,10,12-13H,9,11,14H2,1-3H3,(H,23,26)(H,24,27). The number of carbonyl (C=O) groups is 2. The molecule has 2 N–H and O–H groups in total. The maximum absolute atomic E-state index is 12.2. The number of benzene rings is 2. The molecule has 0 saturated carbocycles. The second kappa shape index (κ2) is 8.08. The van der Waals surface area contributed by atoms with Crippen molar-refractivity contribution >= 4 is 28.4 Å². The third kappa shape index (κ3) is 4.56. The summed E-state index contributed by atoms with van der Waals surface area (Å²) in [5.74, 6) is -0.356. The highest BCUT2D eigenvalue weighted by Crippen LogP contribution is 2.21. The maximum Gasteiger partial charge on any atom is 0.243 e. The Hall–Kier alpha value is -3.08. The highest BCUT2D eigenvalue weighted by Gasteiger charge is 2.10. The molecule has 0 unspecified atom stereocenters. The van der Waals surface area contributed by atoms with Gasteiger partial charge in [0.2, 0.25) is 11.8 Å². The number of aromatic nitrogens is 1. The van der Waals surface area contributed by atoms with Crippen LogP contribution < -0.4 is 10.6 Å². The topological polar surface area (TPSA) is 63.1 Å². The van der Waals surface area contributed by atoms with Gasteiger partial charge in [-0.05, 0) is 49.4 Å². The van der Waals surface area contributed by atoms with Gasteiger partial charge in [-0.25, -0.2) is 0 Å². The van der Waals surface area contributed by atoms with Gasteiger partial charge in [0, 0.05) is 30.4 Å². The normalized spacial score (nSPS) is 10.8. The van der Waals surface area contributed by atoms with Crippen LogP contribution in [0.2, 0.25) is 0 Å². The van der Waals surface area contributed by atoms with Gasteiger partial charge in [-0.3, -0.25) is 9.59 Å². The van der Waals surface area contributed by atoms with Crippen LogP contribution in [0.1, 0.15) is 23.1 Å². The van der Waals surface area contributed by atoms with Crippen LogP contribution in [0.15, 0.2) is 48.7 Å². The molecule has 0 bridgehead atoms. The lowest BCUT2D eigenvalue weighted by Gasteiger charge is -2.13. The molecule has 1 heterocycles. The van der Waals surface area contributed by atoms with Crippen LogP contribution >= 0.6 is 0 Å². The Kier molecular flexibility index (Phi) is 5.60. The Morgan fingerprint density at radius 1 is 0.963 bits per heavy atom. The van der Waals surface area contributed by atoms with Crippen molar-refractivity contribution in [2.45, 2.75) is 33.7 Å². The predicted octanol–water partition coefficient (Wildman–Crippen LogP) is 3.71. The molecule has 1 aromatic heterocycles. The quantitative estimate of drug-likeness (QED) is 0.701. The van der Waals surface area contributed by atoms with Crippen LogP contribution in [0.25, 0.3) is 10.9 Å². The fraction of sp³-hybridized carbons (Fsp3) is 0.273. The molecule has 3 rings (SSSR count). The van der Waals surface area contributed by atoms with E-state index >= 15 is 0 Å². The first-order valence-corrected chi connectivity index (χ1v) is 9.12. The number of nitrogens with zero attached hydrogens (tertiary/aromatic N) is 1. The molecule has 5 heteroatoms. The van der Waals surface area contributed by atoms with Crippen molar-refractivity contribution in [3.63, 3.8) is 0 Å². The Morgan fingerprint density at radius 3 is 2.41 bits per heavy atom. The van der Waals surface area contributed by atoms with E-state index in [-0.39, 0.29) is 18.4 Å². The van der Waals surface area contributed by atoms with Crippen LogP contribution in [0.4, 0.5) is 5.69 Å². The fourth-order valence-electron chi connectivity index (χ4n) is 3.39. The molecule has 0 aliphatic heterocycles. The minimum absolute atomic E-state index is 0.0297. The lowest BCUT2D eigenvalue weighted by molar-refractivity contribution is -0.124. The van der Waals surface area contributed by atoms with E-state index in [4.69, 9.17) is 0 Å². The van der Waals surface area contributed by atoms with Crippen molar-refractivity contribution in [3.05, 3.63) is 65.4 Å². The molecule has 0 spiro atoms. The zero-order valence-corrected chi connectivity index (χ0v) is 16.0. The summed E-state index contributed by atoms with van der Waals surface area (Å²) in [4.78, 5) is 24.3.